The summed E-state index contributed by atoms with van der Waals surface area (Å²) in [6.45, 7) is 6.10. The number of piperidine rings is 1. The summed E-state index contributed by atoms with van der Waals surface area (Å²) in [5.74, 6) is 0.877. The highest BCUT2D eigenvalue weighted by atomic mass is 16.1. The highest BCUT2D eigenvalue weighted by Crippen LogP contribution is 2.20. The van der Waals surface area contributed by atoms with E-state index in [1.165, 1.54) is 5.56 Å². The van der Waals surface area contributed by atoms with E-state index >= 15 is 0 Å². The summed E-state index contributed by atoms with van der Waals surface area (Å²) in [5, 5.41) is 0. The van der Waals surface area contributed by atoms with Crippen LogP contribution in [0.25, 0.3) is 0 Å². The Bertz CT molecular complexity index is 360. The molecule has 0 aliphatic carbocycles. The first-order valence-electron chi connectivity index (χ1n) is 5.97. The summed E-state index contributed by atoms with van der Waals surface area (Å²) in [6.07, 6.45) is 0.743. The zero-order valence-corrected chi connectivity index (χ0v) is 10.0. The van der Waals surface area contributed by atoms with Gasteiger partial charge in [0.25, 0.3) is 0 Å². The first-order chi connectivity index (χ1) is 7.66. The average Bonchev–Trinajstić information content (AvgIpc) is 2.27. The van der Waals surface area contributed by atoms with E-state index < -0.39 is 0 Å². The van der Waals surface area contributed by atoms with E-state index in [0.29, 0.717) is 11.7 Å². The van der Waals surface area contributed by atoms with Gasteiger partial charge in [-0.1, -0.05) is 37.3 Å². The van der Waals surface area contributed by atoms with Gasteiger partial charge in [-0.15, -0.1) is 0 Å². The van der Waals surface area contributed by atoms with Gasteiger partial charge in [-0.2, -0.15) is 0 Å². The summed E-state index contributed by atoms with van der Waals surface area (Å²) in [7, 11) is 0. The Balaban J connectivity index is 2.06. The Hall–Kier alpha value is -1.15. The predicted molar refractivity (Wildman–Crippen MR) is 65.1 cm³/mol. The van der Waals surface area contributed by atoms with E-state index in [4.69, 9.17) is 0 Å². The van der Waals surface area contributed by atoms with Crippen LogP contribution in [0.1, 0.15) is 25.8 Å². The summed E-state index contributed by atoms with van der Waals surface area (Å²) >= 11 is 0. The summed E-state index contributed by atoms with van der Waals surface area (Å²) in [6, 6.07) is 10.4. The van der Waals surface area contributed by atoms with Crippen molar-refractivity contribution >= 4 is 5.78 Å². The fourth-order valence-corrected chi connectivity index (χ4v) is 2.36. The molecular formula is C14H19NO. The van der Waals surface area contributed by atoms with Gasteiger partial charge in [0, 0.05) is 19.5 Å². The molecule has 0 bridgehead atoms. The number of benzene rings is 1. The largest absolute Gasteiger partial charge is 0.298 e. The third-order valence-corrected chi connectivity index (χ3v) is 3.34. The van der Waals surface area contributed by atoms with Gasteiger partial charge in [-0.3, -0.25) is 9.69 Å². The fourth-order valence-electron chi connectivity index (χ4n) is 2.36. The van der Waals surface area contributed by atoms with Crippen LogP contribution < -0.4 is 0 Å². The Morgan fingerprint density at radius 1 is 1.25 bits per heavy atom. The molecule has 0 saturated carbocycles. The van der Waals surface area contributed by atoms with Crippen molar-refractivity contribution in [2.45, 2.75) is 32.9 Å². The Labute approximate surface area is 97.3 Å². The monoisotopic (exact) mass is 217 g/mol. The first-order valence-corrected chi connectivity index (χ1v) is 5.97. The maximum Gasteiger partial charge on any atom is 0.150 e. The number of rotatable bonds is 2. The average molecular weight is 217 g/mol. The second-order valence-electron chi connectivity index (χ2n) is 4.87. The molecule has 2 nitrogen and oxygen atoms in total. The minimum atomic E-state index is 0.0800. The number of hydrogen-bond donors (Lipinski definition) is 0. The van der Waals surface area contributed by atoms with Crippen LogP contribution in [0.5, 0.6) is 0 Å². The summed E-state index contributed by atoms with van der Waals surface area (Å²) < 4.78 is 0. The molecule has 1 aliphatic rings. The molecule has 86 valence electrons. The highest BCUT2D eigenvalue weighted by molar-refractivity contribution is 5.84. The van der Waals surface area contributed by atoms with E-state index in [2.05, 4.69) is 36.1 Å². The molecule has 2 rings (SSSR count). The smallest absolute Gasteiger partial charge is 0.150 e. The van der Waals surface area contributed by atoms with Crippen LogP contribution in [0.15, 0.2) is 30.3 Å². The van der Waals surface area contributed by atoms with Gasteiger partial charge in [0.05, 0.1) is 6.04 Å². The Kier molecular flexibility index (Phi) is 3.39. The molecular weight excluding hydrogens is 198 g/mol. The van der Waals surface area contributed by atoms with E-state index in [0.717, 1.165) is 19.5 Å². The lowest BCUT2D eigenvalue weighted by molar-refractivity contribution is -0.128. The van der Waals surface area contributed by atoms with Gasteiger partial charge in [0.2, 0.25) is 0 Å². The second kappa shape index (κ2) is 4.79. The molecule has 1 aromatic rings. The molecule has 2 atom stereocenters. The summed E-state index contributed by atoms with van der Waals surface area (Å²) in [5.41, 5.74) is 1.29. The van der Waals surface area contributed by atoms with Crippen molar-refractivity contribution in [2.24, 2.45) is 5.92 Å². The van der Waals surface area contributed by atoms with E-state index in [1.807, 2.05) is 13.0 Å². The molecule has 0 radical (unpaired) electrons. The molecule has 0 spiro atoms. The number of ketones is 1. The van der Waals surface area contributed by atoms with Gasteiger partial charge in [-0.25, -0.2) is 0 Å². The fraction of sp³-hybridized carbons (Fsp3) is 0.500. The van der Waals surface area contributed by atoms with Gasteiger partial charge in [0.15, 0.2) is 0 Å². The standard InChI is InChI=1S/C14H19NO/c1-11-8-14(16)12(2)15(9-11)10-13-6-4-3-5-7-13/h3-7,11-12H,8-10H2,1-2H3/t11-,12-/m0/s1. The van der Waals surface area contributed by atoms with Gasteiger partial charge >= 0.3 is 0 Å². The van der Waals surface area contributed by atoms with Crippen LogP contribution in [0, 0.1) is 5.92 Å². The van der Waals surface area contributed by atoms with Crippen LogP contribution in [-0.2, 0) is 11.3 Å². The third kappa shape index (κ3) is 2.50. The molecule has 1 heterocycles. The molecule has 16 heavy (non-hydrogen) atoms. The number of nitrogens with zero attached hydrogens (tertiary/aromatic N) is 1. The van der Waals surface area contributed by atoms with Crippen LogP contribution in [0.2, 0.25) is 0 Å². The van der Waals surface area contributed by atoms with Gasteiger partial charge < -0.3 is 0 Å². The Morgan fingerprint density at radius 2 is 1.94 bits per heavy atom. The molecule has 0 unspecified atom stereocenters. The predicted octanol–water partition coefficient (Wildman–Crippen LogP) is 2.49. The number of carbonyl (C=O) groups excluding carboxylic acids is 1. The molecule has 0 amide bonds. The molecule has 1 saturated heterocycles. The lowest BCUT2D eigenvalue weighted by atomic mass is 9.93. The van der Waals surface area contributed by atoms with Crippen molar-refractivity contribution in [3.63, 3.8) is 0 Å². The zero-order valence-electron chi connectivity index (χ0n) is 10.0. The third-order valence-electron chi connectivity index (χ3n) is 3.34. The molecule has 1 aromatic carbocycles. The topological polar surface area (TPSA) is 20.3 Å². The van der Waals surface area contributed by atoms with Crippen LogP contribution in [0.3, 0.4) is 0 Å². The van der Waals surface area contributed by atoms with Crippen molar-refractivity contribution in [1.82, 2.24) is 4.90 Å². The quantitative estimate of drug-likeness (QED) is 0.758. The van der Waals surface area contributed by atoms with Crippen LogP contribution in [-0.4, -0.2) is 23.3 Å². The van der Waals surface area contributed by atoms with E-state index in [9.17, 15) is 4.79 Å². The van der Waals surface area contributed by atoms with Gasteiger partial charge in [0.1, 0.15) is 5.78 Å². The van der Waals surface area contributed by atoms with Crippen molar-refractivity contribution in [3.05, 3.63) is 35.9 Å². The van der Waals surface area contributed by atoms with Gasteiger partial charge in [-0.05, 0) is 18.4 Å². The SMILES string of the molecule is C[C@H]1CC(=O)[C@H](C)N(Cc2ccccc2)C1. The molecule has 0 N–H and O–H groups in total. The second-order valence-corrected chi connectivity index (χ2v) is 4.87. The van der Waals surface area contributed by atoms with Crippen molar-refractivity contribution in [3.8, 4) is 0 Å². The summed E-state index contributed by atoms with van der Waals surface area (Å²) in [4.78, 5) is 14.0. The van der Waals surface area contributed by atoms with E-state index in [1.54, 1.807) is 0 Å². The number of Topliss-reactive ketones (excluding diaryl/α,β-unsaturated/α-hetero) is 1. The zero-order chi connectivity index (χ0) is 11.5. The first kappa shape index (κ1) is 11.3. The van der Waals surface area contributed by atoms with E-state index in [-0.39, 0.29) is 6.04 Å². The Morgan fingerprint density at radius 3 is 2.62 bits per heavy atom. The maximum absolute atomic E-state index is 11.8. The normalized spacial score (nSPS) is 27.0. The van der Waals surface area contributed by atoms with Crippen LogP contribution >= 0.6 is 0 Å². The lowest BCUT2D eigenvalue weighted by Crippen LogP contribution is -2.46. The van der Waals surface area contributed by atoms with Crippen LogP contribution in [0.4, 0.5) is 0 Å². The number of carbonyl (C=O) groups is 1. The minimum absolute atomic E-state index is 0.0800. The van der Waals surface area contributed by atoms with Crippen molar-refractivity contribution in [2.75, 3.05) is 6.54 Å². The lowest BCUT2D eigenvalue weighted by Gasteiger charge is -2.35. The van der Waals surface area contributed by atoms with Crippen molar-refractivity contribution < 1.29 is 4.79 Å². The minimum Gasteiger partial charge on any atom is -0.298 e. The molecule has 2 heteroatoms. The number of hydrogen-bond acceptors (Lipinski definition) is 2. The maximum atomic E-state index is 11.8. The molecule has 1 aliphatic heterocycles. The highest BCUT2D eigenvalue weighted by Gasteiger charge is 2.29. The van der Waals surface area contributed by atoms with Crippen molar-refractivity contribution in [1.29, 1.82) is 0 Å². The molecule has 0 aromatic heterocycles. The molecule has 1 fully saturated rings. The number of likely N-dealkylation sites (tertiary alicyclic amines) is 1.